The van der Waals surface area contributed by atoms with Crippen LogP contribution in [0.5, 0.6) is 5.75 Å². The first-order chi connectivity index (χ1) is 13.8. The Morgan fingerprint density at radius 2 is 1.86 bits per heavy atom. The number of nitrogens with one attached hydrogen (secondary N) is 2. The van der Waals surface area contributed by atoms with Gasteiger partial charge in [0, 0.05) is 5.69 Å². The summed E-state index contributed by atoms with van der Waals surface area (Å²) in [7, 11) is 1.65. The van der Waals surface area contributed by atoms with Gasteiger partial charge in [-0.2, -0.15) is 0 Å². The topological polar surface area (TPSA) is 59.6 Å². The lowest BCUT2D eigenvalue weighted by atomic mass is 9.97. The summed E-state index contributed by atoms with van der Waals surface area (Å²) in [4.78, 5) is 11.9. The minimum atomic E-state index is -0.443. The Balaban J connectivity index is 2.09. The van der Waals surface area contributed by atoms with Crippen molar-refractivity contribution in [2.45, 2.75) is 33.2 Å². The predicted octanol–water partition coefficient (Wildman–Crippen LogP) is 5.60. The van der Waals surface area contributed by atoms with E-state index in [2.05, 4.69) is 24.5 Å². The number of anilines is 1. The second-order valence-electron chi connectivity index (χ2n) is 6.97. The largest absolute Gasteiger partial charge is 0.497 e. The molecule has 5 nitrogen and oxygen atoms in total. The third-order valence-corrected chi connectivity index (χ3v) is 4.79. The lowest BCUT2D eigenvalue weighted by Crippen LogP contribution is -2.33. The van der Waals surface area contributed by atoms with Crippen LogP contribution in [0.15, 0.2) is 42.5 Å². The van der Waals surface area contributed by atoms with Gasteiger partial charge in [0.05, 0.1) is 30.3 Å². The summed E-state index contributed by atoms with van der Waals surface area (Å²) in [6, 6.07) is 13.0. The van der Waals surface area contributed by atoms with Gasteiger partial charge < -0.3 is 20.1 Å². The number of carbonyl (C=O) groups is 1. The van der Waals surface area contributed by atoms with Crippen molar-refractivity contribution in [2.24, 2.45) is 5.92 Å². The molecular formula is C22H27ClN2O3S. The van der Waals surface area contributed by atoms with Gasteiger partial charge in [-0.05, 0) is 67.4 Å². The molecule has 2 aromatic rings. The first-order valence-corrected chi connectivity index (χ1v) is 10.3. The first-order valence-electron chi connectivity index (χ1n) is 9.52. The van der Waals surface area contributed by atoms with E-state index in [-0.39, 0.29) is 6.04 Å². The smallest absolute Gasteiger partial charge is 0.339 e. The Kier molecular flexibility index (Phi) is 8.73. The highest BCUT2D eigenvalue weighted by Gasteiger charge is 2.16. The van der Waals surface area contributed by atoms with Crippen LogP contribution in [-0.2, 0) is 4.74 Å². The fraction of sp³-hybridized carbons (Fsp3) is 0.364. The summed E-state index contributed by atoms with van der Waals surface area (Å²) in [6.07, 6.45) is 0.913. The van der Waals surface area contributed by atoms with Crippen LogP contribution in [0.3, 0.4) is 0 Å². The van der Waals surface area contributed by atoms with Gasteiger partial charge in [0.1, 0.15) is 5.75 Å². The van der Waals surface area contributed by atoms with Crippen molar-refractivity contribution in [1.82, 2.24) is 5.32 Å². The molecule has 0 radical (unpaired) electrons. The van der Waals surface area contributed by atoms with Crippen LogP contribution in [0.25, 0.3) is 0 Å². The zero-order valence-electron chi connectivity index (χ0n) is 17.1. The zero-order chi connectivity index (χ0) is 21.4. The first kappa shape index (κ1) is 23.0. The third-order valence-electron chi connectivity index (χ3n) is 4.25. The molecule has 0 saturated heterocycles. The molecule has 0 amide bonds. The van der Waals surface area contributed by atoms with Crippen molar-refractivity contribution >= 4 is 40.6 Å². The molecule has 1 unspecified atom stereocenters. The summed E-state index contributed by atoms with van der Waals surface area (Å²) in [6.45, 7) is 6.39. The number of esters is 1. The van der Waals surface area contributed by atoms with Gasteiger partial charge in [-0.15, -0.1) is 0 Å². The molecule has 0 bridgehead atoms. The monoisotopic (exact) mass is 434 g/mol. The maximum Gasteiger partial charge on any atom is 0.339 e. The molecule has 2 aromatic carbocycles. The fourth-order valence-electron chi connectivity index (χ4n) is 2.88. The number of ether oxygens (including phenoxy) is 2. The number of halogens is 1. The molecule has 0 spiro atoms. The highest BCUT2D eigenvalue weighted by atomic mass is 35.5. The summed E-state index contributed by atoms with van der Waals surface area (Å²) in [5, 5.41) is 7.30. The van der Waals surface area contributed by atoms with Crippen molar-refractivity contribution in [3.05, 3.63) is 58.6 Å². The molecule has 156 valence electrons. The standard InChI is InChI=1S/C22H27ClN2O3S/c1-5-28-21(26)18-11-8-16(13-19(18)23)24-22(29)25-20(12-14(2)3)15-6-9-17(27-4)10-7-15/h6-11,13-14,20H,5,12H2,1-4H3,(H2,24,25,29). The quantitative estimate of drug-likeness (QED) is 0.416. The normalized spacial score (nSPS) is 11.7. The van der Waals surface area contributed by atoms with Crippen molar-refractivity contribution < 1.29 is 14.3 Å². The predicted molar refractivity (Wildman–Crippen MR) is 122 cm³/mol. The van der Waals surface area contributed by atoms with Crippen molar-refractivity contribution in [1.29, 1.82) is 0 Å². The summed E-state index contributed by atoms with van der Waals surface area (Å²) >= 11 is 11.7. The molecule has 1 atom stereocenters. The highest BCUT2D eigenvalue weighted by molar-refractivity contribution is 7.80. The lowest BCUT2D eigenvalue weighted by molar-refractivity contribution is 0.0526. The van der Waals surface area contributed by atoms with E-state index in [1.807, 2.05) is 24.3 Å². The molecule has 0 fully saturated rings. The van der Waals surface area contributed by atoms with Gasteiger partial charge >= 0.3 is 5.97 Å². The number of thiocarbonyl (C=S) groups is 1. The molecular weight excluding hydrogens is 408 g/mol. The molecule has 0 aliphatic carbocycles. The number of carbonyl (C=O) groups excluding carboxylic acids is 1. The van der Waals surface area contributed by atoms with E-state index in [0.717, 1.165) is 17.7 Å². The average Bonchev–Trinajstić information content (AvgIpc) is 2.67. The van der Waals surface area contributed by atoms with Gasteiger partial charge in [0.15, 0.2) is 5.11 Å². The Bertz CT molecular complexity index is 840. The number of benzene rings is 2. The average molecular weight is 435 g/mol. The van der Waals surface area contributed by atoms with Crippen molar-refractivity contribution in [3.8, 4) is 5.75 Å². The molecule has 2 N–H and O–H groups in total. The van der Waals surface area contributed by atoms with Crippen molar-refractivity contribution in [2.75, 3.05) is 19.0 Å². The van der Waals surface area contributed by atoms with Crippen LogP contribution >= 0.6 is 23.8 Å². The molecule has 0 heterocycles. The van der Waals surface area contributed by atoms with Gasteiger partial charge in [-0.3, -0.25) is 0 Å². The summed E-state index contributed by atoms with van der Waals surface area (Å²) < 4.78 is 10.2. The van der Waals surface area contributed by atoms with Crippen LogP contribution in [0.4, 0.5) is 5.69 Å². The van der Waals surface area contributed by atoms with Gasteiger partial charge in [0.25, 0.3) is 0 Å². The number of methoxy groups -OCH3 is 1. The Morgan fingerprint density at radius 3 is 2.41 bits per heavy atom. The maximum atomic E-state index is 11.9. The Hall–Kier alpha value is -2.31. The highest BCUT2D eigenvalue weighted by Crippen LogP contribution is 2.25. The summed E-state index contributed by atoms with van der Waals surface area (Å²) in [5.41, 5.74) is 2.15. The maximum absolute atomic E-state index is 11.9. The number of hydrogen-bond acceptors (Lipinski definition) is 4. The van der Waals surface area contributed by atoms with Crippen LogP contribution in [0, 0.1) is 5.92 Å². The SMILES string of the molecule is CCOC(=O)c1ccc(NC(=S)NC(CC(C)C)c2ccc(OC)cc2)cc1Cl. The van der Waals surface area contributed by atoms with E-state index >= 15 is 0 Å². The molecule has 2 rings (SSSR count). The summed E-state index contributed by atoms with van der Waals surface area (Å²) in [5.74, 6) is 0.853. The molecule has 0 aliphatic heterocycles. The van der Waals surface area contributed by atoms with Crippen LogP contribution < -0.4 is 15.4 Å². The Labute approximate surface area is 182 Å². The number of hydrogen-bond donors (Lipinski definition) is 2. The molecule has 0 aromatic heterocycles. The van der Waals surface area contributed by atoms with E-state index in [0.29, 0.717) is 33.9 Å². The molecule has 7 heteroatoms. The van der Waals surface area contributed by atoms with E-state index in [9.17, 15) is 4.79 Å². The van der Waals surface area contributed by atoms with Crippen molar-refractivity contribution in [3.63, 3.8) is 0 Å². The Morgan fingerprint density at radius 1 is 1.17 bits per heavy atom. The lowest BCUT2D eigenvalue weighted by Gasteiger charge is -2.23. The zero-order valence-corrected chi connectivity index (χ0v) is 18.7. The second-order valence-corrected chi connectivity index (χ2v) is 7.78. The van der Waals surface area contributed by atoms with Crippen LogP contribution in [0.1, 0.15) is 49.2 Å². The minimum absolute atomic E-state index is 0.0511. The second kappa shape index (κ2) is 11.0. The van der Waals surface area contributed by atoms with Gasteiger partial charge in [-0.25, -0.2) is 4.79 Å². The fourth-order valence-corrected chi connectivity index (χ4v) is 3.40. The number of rotatable bonds is 8. The third kappa shape index (κ3) is 6.91. The van der Waals surface area contributed by atoms with E-state index in [1.54, 1.807) is 32.2 Å². The van der Waals surface area contributed by atoms with Crippen LogP contribution in [0.2, 0.25) is 5.02 Å². The molecule has 0 saturated carbocycles. The minimum Gasteiger partial charge on any atom is -0.497 e. The van der Waals surface area contributed by atoms with E-state index in [4.69, 9.17) is 33.3 Å². The van der Waals surface area contributed by atoms with Crippen LogP contribution in [-0.4, -0.2) is 24.8 Å². The molecule has 0 aliphatic rings. The van der Waals surface area contributed by atoms with E-state index < -0.39 is 5.97 Å². The van der Waals surface area contributed by atoms with E-state index in [1.165, 1.54) is 0 Å². The van der Waals surface area contributed by atoms with Gasteiger partial charge in [-0.1, -0.05) is 37.6 Å². The molecule has 29 heavy (non-hydrogen) atoms. The van der Waals surface area contributed by atoms with Gasteiger partial charge in [0.2, 0.25) is 0 Å².